The summed E-state index contributed by atoms with van der Waals surface area (Å²) in [4.78, 5) is 21.1. The maximum atomic E-state index is 12.0. The molecule has 0 saturated heterocycles. The first-order valence-electron chi connectivity index (χ1n) is 10.1. The Morgan fingerprint density at radius 2 is 1.37 bits per heavy atom. The van der Waals surface area contributed by atoms with Gasteiger partial charge in [-0.3, -0.25) is 4.57 Å². The highest BCUT2D eigenvalue weighted by Crippen LogP contribution is 2.46. The summed E-state index contributed by atoms with van der Waals surface area (Å²) in [7, 11) is -4.37. The fourth-order valence-electron chi connectivity index (χ4n) is 3.30. The van der Waals surface area contributed by atoms with Gasteiger partial charge in [-0.2, -0.15) is 0 Å². The lowest BCUT2D eigenvalue weighted by molar-refractivity contribution is 0.340. The smallest absolute Gasteiger partial charge is 0.345 e. The Labute approximate surface area is 179 Å². The number of nitrogens with zero attached hydrogens (tertiary/aromatic N) is 1. The highest BCUT2D eigenvalue weighted by Gasteiger charge is 2.29. The first-order valence-corrected chi connectivity index (χ1v) is 11.9. The zero-order valence-electron chi connectivity index (χ0n) is 18.9. The summed E-state index contributed by atoms with van der Waals surface area (Å²) in [5.41, 5.74) is 2.00. The summed E-state index contributed by atoms with van der Waals surface area (Å²) in [6, 6.07) is 10.7. The molecule has 0 aromatic heterocycles. The number of ether oxygens (including phenoxy) is 1. The van der Waals surface area contributed by atoms with Gasteiger partial charge in [0.25, 0.3) is 0 Å². The van der Waals surface area contributed by atoms with E-state index in [0.29, 0.717) is 23.7 Å². The van der Waals surface area contributed by atoms with Crippen LogP contribution in [-0.2, 0) is 15.4 Å². The molecule has 0 bridgehead atoms. The van der Waals surface area contributed by atoms with Crippen molar-refractivity contribution in [3.05, 3.63) is 47.5 Å². The van der Waals surface area contributed by atoms with Gasteiger partial charge in [-0.1, -0.05) is 41.5 Å². The van der Waals surface area contributed by atoms with Crippen molar-refractivity contribution in [1.82, 2.24) is 0 Å². The van der Waals surface area contributed by atoms with Gasteiger partial charge < -0.3 is 24.5 Å². The molecule has 0 unspecified atom stereocenters. The van der Waals surface area contributed by atoms with E-state index >= 15 is 0 Å². The molecule has 0 aliphatic carbocycles. The van der Waals surface area contributed by atoms with E-state index < -0.39 is 13.9 Å². The van der Waals surface area contributed by atoms with Crippen LogP contribution in [0.25, 0.3) is 0 Å². The van der Waals surface area contributed by atoms with E-state index in [1.165, 1.54) is 0 Å². The van der Waals surface area contributed by atoms with E-state index in [0.717, 1.165) is 11.1 Å². The molecule has 2 aromatic rings. The van der Waals surface area contributed by atoms with E-state index in [1.807, 2.05) is 60.6 Å². The van der Waals surface area contributed by atoms with Crippen molar-refractivity contribution in [2.75, 3.05) is 17.8 Å². The van der Waals surface area contributed by atoms with Crippen LogP contribution in [0.2, 0.25) is 0 Å². The van der Waals surface area contributed by atoms with Crippen LogP contribution in [0.1, 0.15) is 59.6 Å². The minimum absolute atomic E-state index is 0.224. The number of phenolic OH excluding ortho intramolecular Hbond substituents is 1. The largest absolute Gasteiger partial charge is 0.507 e. The molecule has 0 atom stereocenters. The Morgan fingerprint density at radius 3 is 1.73 bits per heavy atom. The maximum Gasteiger partial charge on any atom is 0.345 e. The minimum atomic E-state index is -4.37. The SMILES string of the molecule is CCOc1ccc(N(CP(=O)(O)O)c2cc(C(C)(C)C)c(O)c(C(C)(C)C)c2)cc1. The molecule has 0 heterocycles. The summed E-state index contributed by atoms with van der Waals surface area (Å²) in [6.45, 7) is 14.4. The monoisotopic (exact) mass is 435 g/mol. The van der Waals surface area contributed by atoms with Crippen LogP contribution in [-0.4, -0.2) is 27.8 Å². The normalized spacial score (nSPS) is 12.7. The molecule has 2 aromatic carbocycles. The van der Waals surface area contributed by atoms with E-state index in [1.54, 1.807) is 29.2 Å². The van der Waals surface area contributed by atoms with Crippen molar-refractivity contribution in [1.29, 1.82) is 0 Å². The molecule has 0 spiro atoms. The van der Waals surface area contributed by atoms with Crippen molar-refractivity contribution >= 4 is 19.0 Å². The molecule has 0 radical (unpaired) electrons. The van der Waals surface area contributed by atoms with Gasteiger partial charge in [0.15, 0.2) is 0 Å². The number of phenols is 1. The third-order valence-corrected chi connectivity index (χ3v) is 5.46. The lowest BCUT2D eigenvalue weighted by atomic mass is 9.79. The number of anilines is 2. The molecule has 0 fully saturated rings. The van der Waals surface area contributed by atoms with Gasteiger partial charge in [0.1, 0.15) is 17.8 Å². The van der Waals surface area contributed by atoms with E-state index in [4.69, 9.17) is 4.74 Å². The highest BCUT2D eigenvalue weighted by atomic mass is 31.2. The first kappa shape index (κ1) is 24.3. The number of hydrogen-bond donors (Lipinski definition) is 3. The van der Waals surface area contributed by atoms with E-state index in [9.17, 15) is 19.5 Å². The molecule has 7 heteroatoms. The lowest BCUT2D eigenvalue weighted by Gasteiger charge is -2.32. The number of aromatic hydroxyl groups is 1. The van der Waals surface area contributed by atoms with Crippen molar-refractivity contribution in [3.8, 4) is 11.5 Å². The second kappa shape index (κ2) is 8.62. The Morgan fingerprint density at radius 1 is 0.900 bits per heavy atom. The third-order valence-electron chi connectivity index (χ3n) is 4.81. The van der Waals surface area contributed by atoms with Gasteiger partial charge in [-0.15, -0.1) is 0 Å². The second-order valence-electron chi connectivity index (χ2n) is 9.55. The zero-order valence-corrected chi connectivity index (χ0v) is 19.8. The van der Waals surface area contributed by atoms with Crippen LogP contribution in [0.15, 0.2) is 36.4 Å². The van der Waals surface area contributed by atoms with Crippen molar-refractivity contribution in [3.63, 3.8) is 0 Å². The topological polar surface area (TPSA) is 90.2 Å². The van der Waals surface area contributed by atoms with E-state index in [-0.39, 0.29) is 16.6 Å². The predicted octanol–water partition coefficient (Wildman–Crippen LogP) is 5.66. The summed E-state index contributed by atoms with van der Waals surface area (Å²) in [5.74, 6) is 0.912. The summed E-state index contributed by atoms with van der Waals surface area (Å²) in [5, 5.41) is 11.0. The number of hydrogen-bond acceptors (Lipinski definition) is 4. The maximum absolute atomic E-state index is 12.0. The van der Waals surface area contributed by atoms with Crippen LogP contribution in [0, 0.1) is 0 Å². The molecule has 30 heavy (non-hydrogen) atoms. The summed E-state index contributed by atoms with van der Waals surface area (Å²) >= 11 is 0. The molecule has 2 rings (SSSR count). The molecule has 3 N–H and O–H groups in total. The van der Waals surface area contributed by atoms with Crippen molar-refractivity contribution in [2.24, 2.45) is 0 Å². The van der Waals surface area contributed by atoms with Gasteiger partial charge >= 0.3 is 7.60 Å². The quantitative estimate of drug-likeness (QED) is 0.507. The van der Waals surface area contributed by atoms with Crippen molar-refractivity contribution < 1.29 is 24.2 Å². The predicted molar refractivity (Wildman–Crippen MR) is 122 cm³/mol. The van der Waals surface area contributed by atoms with Gasteiger partial charge in [0, 0.05) is 22.5 Å². The van der Waals surface area contributed by atoms with Gasteiger partial charge in [-0.25, -0.2) is 0 Å². The molecular weight excluding hydrogens is 401 g/mol. The lowest BCUT2D eigenvalue weighted by Crippen LogP contribution is -2.22. The minimum Gasteiger partial charge on any atom is -0.507 e. The van der Waals surface area contributed by atoms with Crippen LogP contribution in [0.3, 0.4) is 0 Å². The standard InChI is InChI=1S/C23H34NO5P/c1-8-29-18-11-9-16(10-12-18)24(15-30(26,27)28)17-13-19(22(2,3)4)21(25)20(14-17)23(5,6)7/h9-14,25H,8,15H2,1-7H3,(H2,26,27,28). The Bertz CT molecular complexity index is 885. The fourth-order valence-corrected chi connectivity index (χ4v) is 4.00. The molecule has 0 amide bonds. The zero-order chi connectivity index (χ0) is 22.9. The molecule has 166 valence electrons. The molecule has 0 aliphatic rings. The van der Waals surface area contributed by atoms with E-state index in [2.05, 4.69) is 0 Å². The Balaban J connectivity index is 2.72. The molecule has 6 nitrogen and oxygen atoms in total. The van der Waals surface area contributed by atoms with Gasteiger partial charge in [-0.05, 0) is 54.2 Å². The molecule has 0 saturated carbocycles. The fraction of sp³-hybridized carbons (Fsp3) is 0.478. The Hall–Kier alpha value is -2.01. The van der Waals surface area contributed by atoms with Crippen LogP contribution >= 0.6 is 7.60 Å². The highest BCUT2D eigenvalue weighted by molar-refractivity contribution is 7.51. The van der Waals surface area contributed by atoms with Crippen LogP contribution < -0.4 is 9.64 Å². The van der Waals surface area contributed by atoms with Crippen molar-refractivity contribution in [2.45, 2.75) is 59.3 Å². The summed E-state index contributed by atoms with van der Waals surface area (Å²) in [6.07, 6.45) is -0.473. The average molecular weight is 436 g/mol. The second-order valence-corrected chi connectivity index (χ2v) is 11.2. The first-order chi connectivity index (χ1) is 13.6. The van der Waals surface area contributed by atoms with Crippen LogP contribution in [0.4, 0.5) is 11.4 Å². The van der Waals surface area contributed by atoms with Gasteiger partial charge in [0.2, 0.25) is 0 Å². The summed E-state index contributed by atoms with van der Waals surface area (Å²) < 4.78 is 17.5. The molecule has 0 aliphatic heterocycles. The molecular formula is C23H34NO5P. The average Bonchev–Trinajstić information content (AvgIpc) is 2.58. The number of rotatable bonds is 6. The number of benzene rings is 2. The van der Waals surface area contributed by atoms with Gasteiger partial charge in [0.05, 0.1) is 6.61 Å². The third kappa shape index (κ3) is 6.00. The van der Waals surface area contributed by atoms with Crippen LogP contribution in [0.5, 0.6) is 11.5 Å². The Kier molecular flexibility index (Phi) is 6.97.